The molecule has 0 aromatic carbocycles. The molecule has 1 fully saturated rings. The molecule has 1 aliphatic carbocycles. The lowest BCUT2D eigenvalue weighted by Gasteiger charge is -2.22. The molecule has 7 heteroatoms. The summed E-state index contributed by atoms with van der Waals surface area (Å²) in [6.45, 7) is -0.202. The fourth-order valence-corrected chi connectivity index (χ4v) is 2.36. The SMILES string of the molecule is O=C(CN1N=C(C(=O)O)CCC1=O)NC1CCCC1. The Kier molecular flexibility index (Phi) is 4.13. The predicted octanol–water partition coefficient (Wildman–Crippen LogP) is 0.108. The van der Waals surface area contributed by atoms with Crippen molar-refractivity contribution in [2.75, 3.05) is 6.54 Å². The van der Waals surface area contributed by atoms with Crippen LogP contribution in [0.2, 0.25) is 0 Å². The van der Waals surface area contributed by atoms with Crippen LogP contribution < -0.4 is 5.32 Å². The van der Waals surface area contributed by atoms with Gasteiger partial charge in [0.15, 0.2) is 0 Å². The number of carboxylic acid groups (broad SMARTS) is 1. The number of carbonyl (C=O) groups excluding carboxylic acids is 2. The molecule has 2 aliphatic rings. The summed E-state index contributed by atoms with van der Waals surface area (Å²) in [6.07, 6.45) is 4.34. The molecule has 1 saturated carbocycles. The van der Waals surface area contributed by atoms with E-state index in [1.165, 1.54) is 0 Å². The third-order valence-corrected chi connectivity index (χ3v) is 3.37. The van der Waals surface area contributed by atoms with E-state index in [0.29, 0.717) is 0 Å². The summed E-state index contributed by atoms with van der Waals surface area (Å²) < 4.78 is 0. The molecule has 104 valence electrons. The van der Waals surface area contributed by atoms with Crippen LogP contribution in [0.3, 0.4) is 0 Å². The molecule has 0 bridgehead atoms. The number of rotatable bonds is 4. The van der Waals surface area contributed by atoms with Crippen molar-refractivity contribution in [3.05, 3.63) is 0 Å². The van der Waals surface area contributed by atoms with Crippen molar-refractivity contribution in [3.63, 3.8) is 0 Å². The number of nitrogens with zero attached hydrogens (tertiary/aromatic N) is 2. The second kappa shape index (κ2) is 5.81. The number of carboxylic acids is 1. The van der Waals surface area contributed by atoms with Gasteiger partial charge in [0.25, 0.3) is 0 Å². The molecule has 2 N–H and O–H groups in total. The molecule has 1 aliphatic heterocycles. The highest BCUT2D eigenvalue weighted by molar-refractivity contribution is 6.36. The number of hydrazone groups is 1. The Morgan fingerprint density at radius 3 is 2.63 bits per heavy atom. The van der Waals surface area contributed by atoms with Gasteiger partial charge in [-0.3, -0.25) is 9.59 Å². The van der Waals surface area contributed by atoms with Crippen molar-refractivity contribution in [2.45, 2.75) is 44.6 Å². The maximum atomic E-state index is 11.8. The lowest BCUT2D eigenvalue weighted by atomic mass is 10.1. The Labute approximate surface area is 110 Å². The van der Waals surface area contributed by atoms with Crippen LogP contribution in [0.1, 0.15) is 38.5 Å². The normalized spacial score (nSPS) is 20.3. The molecule has 7 nitrogen and oxygen atoms in total. The van der Waals surface area contributed by atoms with Gasteiger partial charge in [0, 0.05) is 18.9 Å². The van der Waals surface area contributed by atoms with Crippen LogP contribution >= 0.6 is 0 Å². The zero-order valence-corrected chi connectivity index (χ0v) is 10.6. The molecule has 2 rings (SSSR count). The van der Waals surface area contributed by atoms with Crippen LogP contribution in [0.4, 0.5) is 0 Å². The van der Waals surface area contributed by atoms with Crippen molar-refractivity contribution in [1.82, 2.24) is 10.3 Å². The fraction of sp³-hybridized carbons (Fsp3) is 0.667. The number of hydrogen-bond acceptors (Lipinski definition) is 4. The minimum atomic E-state index is -1.14. The van der Waals surface area contributed by atoms with Gasteiger partial charge in [-0.1, -0.05) is 12.8 Å². The first kappa shape index (κ1) is 13.5. The quantitative estimate of drug-likeness (QED) is 0.755. The van der Waals surface area contributed by atoms with E-state index in [4.69, 9.17) is 5.11 Å². The van der Waals surface area contributed by atoms with Crippen LogP contribution in [-0.2, 0) is 14.4 Å². The van der Waals surface area contributed by atoms with Crippen LogP contribution in [0, 0.1) is 0 Å². The molecule has 0 spiro atoms. The predicted molar refractivity (Wildman–Crippen MR) is 66.4 cm³/mol. The second-order valence-electron chi connectivity index (χ2n) is 4.85. The van der Waals surface area contributed by atoms with Crippen LogP contribution in [0.15, 0.2) is 5.10 Å². The van der Waals surface area contributed by atoms with Gasteiger partial charge >= 0.3 is 5.97 Å². The molecule has 0 aromatic rings. The summed E-state index contributed by atoms with van der Waals surface area (Å²) in [5, 5.41) is 16.4. The van der Waals surface area contributed by atoms with Gasteiger partial charge in [0.2, 0.25) is 11.8 Å². The molecule has 19 heavy (non-hydrogen) atoms. The zero-order chi connectivity index (χ0) is 13.8. The number of aliphatic carboxylic acids is 1. The molecule has 0 aromatic heterocycles. The molecule has 2 amide bonds. The lowest BCUT2D eigenvalue weighted by Crippen LogP contribution is -2.43. The number of carbonyl (C=O) groups is 3. The standard InChI is InChI=1S/C12H17N3O4/c16-10(13-8-3-1-2-4-8)7-15-11(17)6-5-9(14-15)12(18)19/h8H,1-7H2,(H,13,16)(H,18,19). The summed E-state index contributed by atoms with van der Waals surface area (Å²) in [4.78, 5) is 34.2. The molecule has 0 unspecified atom stereocenters. The average molecular weight is 267 g/mol. The Balaban J connectivity index is 1.92. The van der Waals surface area contributed by atoms with Gasteiger partial charge in [-0.2, -0.15) is 5.10 Å². The number of nitrogens with one attached hydrogen (secondary N) is 1. The van der Waals surface area contributed by atoms with E-state index in [9.17, 15) is 14.4 Å². The maximum absolute atomic E-state index is 11.8. The largest absolute Gasteiger partial charge is 0.477 e. The summed E-state index contributed by atoms with van der Waals surface area (Å²) >= 11 is 0. The molecule has 0 saturated heterocycles. The van der Waals surface area contributed by atoms with E-state index in [2.05, 4.69) is 10.4 Å². The lowest BCUT2D eigenvalue weighted by molar-refractivity contribution is -0.137. The smallest absolute Gasteiger partial charge is 0.352 e. The Morgan fingerprint density at radius 1 is 1.32 bits per heavy atom. The van der Waals surface area contributed by atoms with Gasteiger partial charge in [-0.15, -0.1) is 0 Å². The topological polar surface area (TPSA) is 99.1 Å². The van der Waals surface area contributed by atoms with E-state index in [1.54, 1.807) is 0 Å². The molecule has 0 atom stereocenters. The summed E-state index contributed by atoms with van der Waals surface area (Å²) in [6, 6.07) is 0.176. The summed E-state index contributed by atoms with van der Waals surface area (Å²) in [5.74, 6) is -1.74. The highest BCUT2D eigenvalue weighted by Crippen LogP contribution is 2.17. The van der Waals surface area contributed by atoms with Crippen molar-refractivity contribution in [2.24, 2.45) is 5.10 Å². The second-order valence-corrected chi connectivity index (χ2v) is 4.85. The third-order valence-electron chi connectivity index (χ3n) is 3.37. The van der Waals surface area contributed by atoms with Gasteiger partial charge in [0.05, 0.1) is 0 Å². The van der Waals surface area contributed by atoms with Gasteiger partial charge < -0.3 is 10.4 Å². The molecule has 0 radical (unpaired) electrons. The van der Waals surface area contributed by atoms with Crippen LogP contribution in [0.5, 0.6) is 0 Å². The minimum absolute atomic E-state index is 0.0757. The Bertz CT molecular complexity index is 427. The van der Waals surface area contributed by atoms with Crippen molar-refractivity contribution in [1.29, 1.82) is 0 Å². The highest BCUT2D eigenvalue weighted by Gasteiger charge is 2.26. The minimum Gasteiger partial charge on any atom is -0.477 e. The number of hydrogen-bond donors (Lipinski definition) is 2. The van der Waals surface area contributed by atoms with Gasteiger partial charge in [-0.25, -0.2) is 9.80 Å². The fourth-order valence-electron chi connectivity index (χ4n) is 2.36. The monoisotopic (exact) mass is 267 g/mol. The van der Waals surface area contributed by atoms with E-state index < -0.39 is 5.97 Å². The van der Waals surface area contributed by atoms with Gasteiger partial charge in [-0.05, 0) is 12.8 Å². The zero-order valence-electron chi connectivity index (χ0n) is 10.6. The molecule has 1 heterocycles. The summed E-state index contributed by atoms with van der Waals surface area (Å²) in [7, 11) is 0. The Morgan fingerprint density at radius 2 is 2.00 bits per heavy atom. The van der Waals surface area contributed by atoms with E-state index in [0.717, 1.165) is 30.7 Å². The number of amides is 2. The Hall–Kier alpha value is -1.92. The van der Waals surface area contributed by atoms with Crippen LogP contribution in [0.25, 0.3) is 0 Å². The maximum Gasteiger partial charge on any atom is 0.352 e. The van der Waals surface area contributed by atoms with Gasteiger partial charge in [0.1, 0.15) is 12.3 Å². The first-order chi connectivity index (χ1) is 9.06. The van der Waals surface area contributed by atoms with E-state index in [1.807, 2.05) is 0 Å². The average Bonchev–Trinajstić information content (AvgIpc) is 2.84. The highest BCUT2D eigenvalue weighted by atomic mass is 16.4. The van der Waals surface area contributed by atoms with Crippen molar-refractivity contribution < 1.29 is 19.5 Å². The first-order valence-corrected chi connectivity index (χ1v) is 6.47. The van der Waals surface area contributed by atoms with E-state index >= 15 is 0 Å². The third kappa shape index (κ3) is 3.52. The molecular weight excluding hydrogens is 250 g/mol. The summed E-state index contributed by atoms with van der Waals surface area (Å²) in [5.41, 5.74) is -0.0757. The van der Waals surface area contributed by atoms with Crippen LogP contribution in [-0.4, -0.2) is 46.2 Å². The molecular formula is C12H17N3O4. The first-order valence-electron chi connectivity index (χ1n) is 6.47. The van der Waals surface area contributed by atoms with E-state index in [-0.39, 0.29) is 43.0 Å². The van der Waals surface area contributed by atoms with Crippen molar-refractivity contribution in [3.8, 4) is 0 Å². The van der Waals surface area contributed by atoms with Crippen molar-refractivity contribution >= 4 is 23.5 Å².